The molecule has 5 nitrogen and oxygen atoms in total. The van der Waals surface area contributed by atoms with Gasteiger partial charge in [-0.05, 0) is 0 Å². The van der Waals surface area contributed by atoms with Gasteiger partial charge in [0, 0.05) is 24.4 Å². The van der Waals surface area contributed by atoms with Crippen molar-refractivity contribution in [2.45, 2.75) is 6.42 Å². The van der Waals surface area contributed by atoms with Crippen LogP contribution >= 0.6 is 0 Å². The molecule has 4 N–H and O–H groups in total. The number of primary amides is 1. The minimum absolute atomic E-state index is 0.0810. The van der Waals surface area contributed by atoms with Gasteiger partial charge in [0.25, 0.3) is 0 Å². The first kappa shape index (κ1) is 8.32. The third-order valence-corrected chi connectivity index (χ3v) is 1.49. The highest BCUT2D eigenvalue weighted by atomic mass is 16.4. The lowest BCUT2D eigenvalue weighted by Gasteiger charge is -2.09. The number of carboxylic acids is 1. The molecule has 0 aromatic rings. The maximum atomic E-state index is 10.6. The van der Waals surface area contributed by atoms with Crippen LogP contribution < -0.4 is 11.1 Å². The quantitative estimate of drug-likeness (QED) is 0.509. The van der Waals surface area contributed by atoms with Crippen LogP contribution in [0.2, 0.25) is 0 Å². The SMILES string of the molecule is NC(=O)C1=CNC=C(C(=O)O)C1. The van der Waals surface area contributed by atoms with Crippen LogP contribution in [0.4, 0.5) is 0 Å². The van der Waals surface area contributed by atoms with Gasteiger partial charge in [0.15, 0.2) is 0 Å². The van der Waals surface area contributed by atoms with E-state index in [1.54, 1.807) is 0 Å². The van der Waals surface area contributed by atoms with E-state index in [4.69, 9.17) is 10.8 Å². The first-order chi connectivity index (χ1) is 5.61. The van der Waals surface area contributed by atoms with Gasteiger partial charge in [-0.25, -0.2) is 4.79 Å². The minimum atomic E-state index is -1.05. The molecule has 1 rings (SSSR count). The van der Waals surface area contributed by atoms with Crippen molar-refractivity contribution in [1.29, 1.82) is 0 Å². The summed E-state index contributed by atoms with van der Waals surface area (Å²) in [6, 6.07) is 0. The first-order valence-electron chi connectivity index (χ1n) is 3.28. The van der Waals surface area contributed by atoms with Crippen molar-refractivity contribution in [1.82, 2.24) is 5.32 Å². The monoisotopic (exact) mass is 168 g/mol. The Morgan fingerprint density at radius 1 is 1.42 bits per heavy atom. The van der Waals surface area contributed by atoms with Gasteiger partial charge < -0.3 is 16.2 Å². The molecule has 0 radical (unpaired) electrons. The van der Waals surface area contributed by atoms with Crippen LogP contribution in [0, 0.1) is 0 Å². The summed E-state index contributed by atoms with van der Waals surface area (Å²) in [6.45, 7) is 0. The Kier molecular flexibility index (Phi) is 2.14. The number of nitrogens with one attached hydrogen (secondary N) is 1. The van der Waals surface area contributed by atoms with Crippen molar-refractivity contribution in [3.8, 4) is 0 Å². The van der Waals surface area contributed by atoms with E-state index in [9.17, 15) is 9.59 Å². The van der Waals surface area contributed by atoms with Crippen molar-refractivity contribution >= 4 is 11.9 Å². The van der Waals surface area contributed by atoms with Crippen LogP contribution in [-0.2, 0) is 9.59 Å². The molecule has 12 heavy (non-hydrogen) atoms. The molecule has 0 aromatic carbocycles. The van der Waals surface area contributed by atoms with E-state index in [2.05, 4.69) is 5.32 Å². The second-order valence-electron chi connectivity index (χ2n) is 2.35. The second-order valence-corrected chi connectivity index (χ2v) is 2.35. The summed E-state index contributed by atoms with van der Waals surface area (Å²) < 4.78 is 0. The predicted octanol–water partition coefficient (Wildman–Crippen LogP) is -0.683. The number of carboxylic acid groups (broad SMARTS) is 1. The second kappa shape index (κ2) is 3.08. The Bertz CT molecular complexity index is 263. The van der Waals surface area contributed by atoms with Gasteiger partial charge in [-0.3, -0.25) is 4.79 Å². The largest absolute Gasteiger partial charge is 0.478 e. The Hall–Kier alpha value is -1.78. The Morgan fingerprint density at radius 2 is 2.00 bits per heavy atom. The molecule has 0 atom stereocenters. The van der Waals surface area contributed by atoms with E-state index in [0.717, 1.165) is 0 Å². The molecule has 0 saturated heterocycles. The van der Waals surface area contributed by atoms with Crippen LogP contribution in [-0.4, -0.2) is 17.0 Å². The van der Waals surface area contributed by atoms with E-state index in [0.29, 0.717) is 0 Å². The number of nitrogens with two attached hydrogens (primary N) is 1. The van der Waals surface area contributed by atoms with Gasteiger partial charge in [0.1, 0.15) is 0 Å². The number of hydrogen-bond acceptors (Lipinski definition) is 3. The first-order valence-corrected chi connectivity index (χ1v) is 3.28. The van der Waals surface area contributed by atoms with Crippen molar-refractivity contribution in [2.24, 2.45) is 5.73 Å². The van der Waals surface area contributed by atoms with Crippen LogP contribution in [0.1, 0.15) is 6.42 Å². The lowest BCUT2D eigenvalue weighted by atomic mass is 10.0. The minimum Gasteiger partial charge on any atom is -0.478 e. The highest BCUT2D eigenvalue weighted by Gasteiger charge is 2.16. The molecular weight excluding hydrogens is 160 g/mol. The molecule has 0 fully saturated rings. The smallest absolute Gasteiger partial charge is 0.333 e. The third kappa shape index (κ3) is 1.63. The van der Waals surface area contributed by atoms with Crippen LogP contribution in [0.25, 0.3) is 0 Å². The van der Waals surface area contributed by atoms with Crippen molar-refractivity contribution in [3.05, 3.63) is 23.5 Å². The van der Waals surface area contributed by atoms with E-state index in [1.165, 1.54) is 12.4 Å². The Balaban J connectivity index is 2.73. The lowest BCUT2D eigenvalue weighted by molar-refractivity contribution is -0.132. The van der Waals surface area contributed by atoms with Crippen molar-refractivity contribution in [3.63, 3.8) is 0 Å². The molecule has 0 spiro atoms. The van der Waals surface area contributed by atoms with Gasteiger partial charge in [-0.2, -0.15) is 0 Å². The average molecular weight is 168 g/mol. The predicted molar refractivity (Wildman–Crippen MR) is 40.7 cm³/mol. The molecule has 0 aromatic heterocycles. The molecule has 1 aliphatic rings. The molecule has 0 aliphatic carbocycles. The number of hydrogen-bond donors (Lipinski definition) is 3. The summed E-state index contributed by atoms with van der Waals surface area (Å²) in [6.07, 6.45) is 2.81. The van der Waals surface area contributed by atoms with E-state index < -0.39 is 11.9 Å². The standard InChI is InChI=1S/C7H8N2O3/c8-6(10)4-1-5(7(11)12)3-9-2-4/h2-3,9H,1H2,(H2,8,10)(H,11,12). The molecule has 0 saturated carbocycles. The number of amides is 1. The summed E-state index contributed by atoms with van der Waals surface area (Å²) in [7, 11) is 0. The zero-order valence-electron chi connectivity index (χ0n) is 6.20. The molecule has 0 bridgehead atoms. The average Bonchev–Trinajstić information content (AvgIpc) is 2.04. The zero-order valence-corrected chi connectivity index (χ0v) is 6.20. The molecule has 0 unspecified atom stereocenters. The molecule has 64 valence electrons. The number of aliphatic carboxylic acids is 1. The highest BCUT2D eigenvalue weighted by Crippen LogP contribution is 2.12. The number of carbonyl (C=O) groups is 2. The summed E-state index contributed by atoms with van der Waals surface area (Å²) in [5, 5.41) is 11.1. The molecular formula is C7H8N2O3. The molecule has 1 heterocycles. The van der Waals surface area contributed by atoms with Crippen molar-refractivity contribution in [2.75, 3.05) is 0 Å². The van der Waals surface area contributed by atoms with E-state index in [-0.39, 0.29) is 17.6 Å². The summed E-state index contributed by atoms with van der Waals surface area (Å²) in [5.41, 5.74) is 5.37. The van der Waals surface area contributed by atoms with Gasteiger partial charge in [-0.15, -0.1) is 0 Å². The van der Waals surface area contributed by atoms with Crippen molar-refractivity contribution < 1.29 is 14.7 Å². The van der Waals surface area contributed by atoms with Gasteiger partial charge in [-0.1, -0.05) is 0 Å². The summed E-state index contributed by atoms with van der Waals surface area (Å²) in [4.78, 5) is 21.1. The maximum Gasteiger partial charge on any atom is 0.333 e. The van der Waals surface area contributed by atoms with Crippen LogP contribution in [0.3, 0.4) is 0 Å². The van der Waals surface area contributed by atoms with E-state index >= 15 is 0 Å². The third-order valence-electron chi connectivity index (χ3n) is 1.49. The normalized spacial score (nSPS) is 15.7. The van der Waals surface area contributed by atoms with E-state index in [1.807, 2.05) is 0 Å². The fourth-order valence-electron chi connectivity index (χ4n) is 0.846. The Morgan fingerprint density at radius 3 is 2.50 bits per heavy atom. The highest BCUT2D eigenvalue weighted by molar-refractivity contribution is 5.96. The van der Waals surface area contributed by atoms with Gasteiger partial charge >= 0.3 is 5.97 Å². The maximum absolute atomic E-state index is 10.6. The molecule has 5 heteroatoms. The molecule has 1 aliphatic heterocycles. The number of rotatable bonds is 2. The topological polar surface area (TPSA) is 92.4 Å². The van der Waals surface area contributed by atoms with Crippen LogP contribution in [0.15, 0.2) is 23.5 Å². The fraction of sp³-hybridized carbons (Fsp3) is 0.143. The molecule has 1 amide bonds. The number of carbonyl (C=O) groups excluding carboxylic acids is 1. The van der Waals surface area contributed by atoms with Crippen LogP contribution in [0.5, 0.6) is 0 Å². The summed E-state index contributed by atoms with van der Waals surface area (Å²) >= 11 is 0. The lowest BCUT2D eigenvalue weighted by Crippen LogP contribution is -2.21. The van der Waals surface area contributed by atoms with Gasteiger partial charge in [0.2, 0.25) is 5.91 Å². The van der Waals surface area contributed by atoms with Gasteiger partial charge in [0.05, 0.1) is 5.57 Å². The Labute approximate surface area is 68.6 Å². The summed E-state index contributed by atoms with van der Waals surface area (Å²) in [5.74, 6) is -1.65. The number of dihydropyridines is 1. The zero-order chi connectivity index (χ0) is 9.14. The fourth-order valence-corrected chi connectivity index (χ4v) is 0.846.